The maximum absolute atomic E-state index is 5.64. The van der Waals surface area contributed by atoms with Crippen LogP contribution in [0.1, 0.15) is 11.1 Å². The third-order valence-corrected chi connectivity index (χ3v) is 2.44. The number of aromatic nitrogens is 2. The first-order chi connectivity index (χ1) is 7.79. The summed E-state index contributed by atoms with van der Waals surface area (Å²) in [6, 6.07) is 8.06. The zero-order chi connectivity index (χ0) is 11.4. The Morgan fingerprint density at radius 3 is 2.50 bits per heavy atom. The molecule has 0 unspecified atom stereocenters. The molecule has 1 aromatic heterocycles. The van der Waals surface area contributed by atoms with Gasteiger partial charge in [-0.1, -0.05) is 18.2 Å². The molecule has 0 saturated heterocycles. The molecular weight excluding hydrogens is 224 g/mol. The molecule has 2 aromatic rings. The highest BCUT2D eigenvalue weighted by Gasteiger charge is 2.02. The van der Waals surface area contributed by atoms with E-state index in [1.165, 1.54) is 0 Å². The number of benzene rings is 1. The summed E-state index contributed by atoms with van der Waals surface area (Å²) in [5, 5.41) is 0. The number of halogens is 1. The molecule has 0 saturated carbocycles. The van der Waals surface area contributed by atoms with Crippen molar-refractivity contribution < 1.29 is 4.74 Å². The molecule has 0 amide bonds. The lowest BCUT2D eigenvalue weighted by Crippen LogP contribution is -1.94. The number of ether oxygens (including phenoxy) is 1. The molecule has 82 valence electrons. The van der Waals surface area contributed by atoms with Crippen LogP contribution in [0.25, 0.3) is 0 Å². The van der Waals surface area contributed by atoms with Gasteiger partial charge in [0.1, 0.15) is 5.75 Å². The van der Waals surface area contributed by atoms with E-state index < -0.39 is 0 Å². The summed E-state index contributed by atoms with van der Waals surface area (Å²) >= 11 is 5.64. The van der Waals surface area contributed by atoms with Crippen molar-refractivity contribution in [3.05, 3.63) is 47.8 Å². The molecule has 0 fully saturated rings. The molecule has 0 N–H and O–H groups in total. The van der Waals surface area contributed by atoms with Gasteiger partial charge in [-0.2, -0.15) is 0 Å². The molecule has 0 bridgehead atoms. The molecule has 0 aliphatic carbocycles. The third kappa shape index (κ3) is 2.49. The topological polar surface area (TPSA) is 35.0 Å². The number of rotatable bonds is 3. The van der Waals surface area contributed by atoms with Gasteiger partial charge in [0.15, 0.2) is 0 Å². The fourth-order valence-corrected chi connectivity index (χ4v) is 1.37. The van der Waals surface area contributed by atoms with Crippen molar-refractivity contribution in [2.45, 2.75) is 12.8 Å². The van der Waals surface area contributed by atoms with Crippen LogP contribution in [0.5, 0.6) is 11.8 Å². The quantitative estimate of drug-likeness (QED) is 0.765. The van der Waals surface area contributed by atoms with E-state index in [0.29, 0.717) is 11.9 Å². The first-order valence-electron chi connectivity index (χ1n) is 4.90. The first-order valence-corrected chi connectivity index (χ1v) is 5.43. The summed E-state index contributed by atoms with van der Waals surface area (Å²) in [4.78, 5) is 8.14. The van der Waals surface area contributed by atoms with Gasteiger partial charge in [0.2, 0.25) is 0 Å². The smallest absolute Gasteiger partial charge is 0.321 e. The molecule has 2 rings (SSSR count). The van der Waals surface area contributed by atoms with Gasteiger partial charge in [0.25, 0.3) is 0 Å². The minimum atomic E-state index is 0.336. The molecule has 1 aromatic carbocycles. The lowest BCUT2D eigenvalue weighted by molar-refractivity contribution is 0.438. The average Bonchev–Trinajstić information content (AvgIpc) is 2.33. The van der Waals surface area contributed by atoms with E-state index in [0.717, 1.165) is 16.9 Å². The summed E-state index contributed by atoms with van der Waals surface area (Å²) in [7, 11) is 0. The van der Waals surface area contributed by atoms with Crippen molar-refractivity contribution in [1.29, 1.82) is 0 Å². The third-order valence-electron chi connectivity index (χ3n) is 2.13. The molecule has 0 spiro atoms. The number of para-hydroxylation sites is 1. The normalized spacial score (nSPS) is 10.1. The van der Waals surface area contributed by atoms with Gasteiger partial charge in [-0.25, -0.2) is 9.97 Å². The first kappa shape index (κ1) is 10.9. The minimum Gasteiger partial charge on any atom is -0.424 e. The van der Waals surface area contributed by atoms with Gasteiger partial charge in [0, 0.05) is 18.0 Å². The Morgan fingerprint density at radius 1 is 1.19 bits per heavy atom. The van der Waals surface area contributed by atoms with E-state index in [-0.39, 0.29) is 0 Å². The van der Waals surface area contributed by atoms with Crippen LogP contribution in [-0.2, 0) is 5.88 Å². The largest absolute Gasteiger partial charge is 0.424 e. The van der Waals surface area contributed by atoms with Gasteiger partial charge in [-0.15, -0.1) is 11.6 Å². The summed E-state index contributed by atoms with van der Waals surface area (Å²) in [5.74, 6) is 1.17. The predicted octanol–water partition coefficient (Wildman–Crippen LogP) is 3.32. The van der Waals surface area contributed by atoms with Crippen molar-refractivity contribution in [3.63, 3.8) is 0 Å². The van der Waals surface area contributed by atoms with E-state index in [9.17, 15) is 0 Å². The molecule has 4 heteroatoms. The lowest BCUT2D eigenvalue weighted by atomic mass is 10.2. The molecule has 0 radical (unpaired) electrons. The predicted molar refractivity (Wildman–Crippen MR) is 62.8 cm³/mol. The lowest BCUT2D eigenvalue weighted by Gasteiger charge is -2.06. The van der Waals surface area contributed by atoms with Crippen LogP contribution in [0.2, 0.25) is 0 Å². The highest BCUT2D eigenvalue weighted by molar-refractivity contribution is 6.17. The molecule has 0 aliphatic heterocycles. The molecule has 3 nitrogen and oxygen atoms in total. The Bertz CT molecular complexity index is 471. The second-order valence-corrected chi connectivity index (χ2v) is 3.64. The van der Waals surface area contributed by atoms with Crippen LogP contribution < -0.4 is 4.74 Å². The fourth-order valence-electron chi connectivity index (χ4n) is 1.23. The minimum absolute atomic E-state index is 0.336. The SMILES string of the molecule is Cc1ccccc1Oc1ncc(CCl)cn1. The summed E-state index contributed by atoms with van der Waals surface area (Å²) in [6.45, 7) is 1.97. The van der Waals surface area contributed by atoms with E-state index in [2.05, 4.69) is 9.97 Å². The monoisotopic (exact) mass is 234 g/mol. The maximum atomic E-state index is 5.64. The van der Waals surface area contributed by atoms with Crippen LogP contribution in [-0.4, -0.2) is 9.97 Å². The van der Waals surface area contributed by atoms with Gasteiger partial charge in [0.05, 0.1) is 5.88 Å². The van der Waals surface area contributed by atoms with Crippen molar-refractivity contribution >= 4 is 11.6 Å². The number of hydrogen-bond donors (Lipinski definition) is 0. The number of alkyl halides is 1. The Morgan fingerprint density at radius 2 is 1.88 bits per heavy atom. The average molecular weight is 235 g/mol. The number of aryl methyl sites for hydroxylation is 1. The zero-order valence-corrected chi connectivity index (χ0v) is 9.61. The van der Waals surface area contributed by atoms with E-state index in [1.807, 2.05) is 31.2 Å². The highest BCUT2D eigenvalue weighted by atomic mass is 35.5. The van der Waals surface area contributed by atoms with E-state index >= 15 is 0 Å². The standard InChI is InChI=1S/C12H11ClN2O/c1-9-4-2-3-5-11(9)16-12-14-7-10(6-13)8-15-12/h2-5,7-8H,6H2,1H3. The summed E-state index contributed by atoms with van der Waals surface area (Å²) < 4.78 is 5.54. The Kier molecular flexibility index (Phi) is 3.37. The van der Waals surface area contributed by atoms with Crippen molar-refractivity contribution in [1.82, 2.24) is 9.97 Å². The Labute approximate surface area is 99.1 Å². The van der Waals surface area contributed by atoms with Crippen molar-refractivity contribution in [2.24, 2.45) is 0 Å². The van der Waals surface area contributed by atoms with Gasteiger partial charge in [-0.05, 0) is 18.6 Å². The molecular formula is C12H11ClN2O. The maximum Gasteiger partial charge on any atom is 0.321 e. The van der Waals surface area contributed by atoms with Gasteiger partial charge >= 0.3 is 6.01 Å². The van der Waals surface area contributed by atoms with E-state index in [4.69, 9.17) is 16.3 Å². The van der Waals surface area contributed by atoms with Crippen LogP contribution >= 0.6 is 11.6 Å². The summed E-state index contributed by atoms with van der Waals surface area (Å²) in [5.41, 5.74) is 1.92. The van der Waals surface area contributed by atoms with Crippen LogP contribution in [0.15, 0.2) is 36.7 Å². The van der Waals surface area contributed by atoms with Crippen LogP contribution in [0.3, 0.4) is 0 Å². The summed E-state index contributed by atoms with van der Waals surface area (Å²) in [6.07, 6.45) is 3.32. The van der Waals surface area contributed by atoms with E-state index in [1.54, 1.807) is 12.4 Å². The van der Waals surface area contributed by atoms with Crippen LogP contribution in [0.4, 0.5) is 0 Å². The van der Waals surface area contributed by atoms with Crippen LogP contribution in [0, 0.1) is 6.92 Å². The Hall–Kier alpha value is -1.61. The Balaban J connectivity index is 2.18. The molecule has 16 heavy (non-hydrogen) atoms. The van der Waals surface area contributed by atoms with Crippen molar-refractivity contribution in [2.75, 3.05) is 0 Å². The second kappa shape index (κ2) is 4.94. The fraction of sp³-hybridized carbons (Fsp3) is 0.167. The molecule has 0 atom stereocenters. The second-order valence-electron chi connectivity index (χ2n) is 3.38. The molecule has 1 heterocycles. The van der Waals surface area contributed by atoms with Gasteiger partial charge < -0.3 is 4.74 Å². The number of nitrogens with zero attached hydrogens (tertiary/aromatic N) is 2. The molecule has 0 aliphatic rings. The zero-order valence-electron chi connectivity index (χ0n) is 8.85. The highest BCUT2D eigenvalue weighted by Crippen LogP contribution is 2.21. The van der Waals surface area contributed by atoms with Gasteiger partial charge in [-0.3, -0.25) is 0 Å². The number of hydrogen-bond acceptors (Lipinski definition) is 3. The van der Waals surface area contributed by atoms with Crippen molar-refractivity contribution in [3.8, 4) is 11.8 Å².